The van der Waals surface area contributed by atoms with E-state index in [0.29, 0.717) is 23.3 Å². The Morgan fingerprint density at radius 2 is 2.11 bits per heavy atom. The summed E-state index contributed by atoms with van der Waals surface area (Å²) in [6.07, 6.45) is 0. The number of H-pyrrole nitrogens is 1. The monoisotopic (exact) mass is 365 g/mol. The zero-order valence-electron chi connectivity index (χ0n) is 14.5. The highest BCUT2D eigenvalue weighted by Crippen LogP contribution is 2.17. The number of hydrogen-bond donors (Lipinski definition) is 2. The van der Waals surface area contributed by atoms with Crippen molar-refractivity contribution in [3.63, 3.8) is 0 Å². The molecule has 0 fully saturated rings. The molecule has 3 aromatic rings. The molecule has 27 heavy (non-hydrogen) atoms. The summed E-state index contributed by atoms with van der Waals surface area (Å²) in [6, 6.07) is 11.8. The number of fused-ring (bicyclic) bond motifs is 1. The maximum absolute atomic E-state index is 13.2. The van der Waals surface area contributed by atoms with Crippen LogP contribution in [-0.4, -0.2) is 27.4 Å². The number of aromatic nitrogens is 2. The van der Waals surface area contributed by atoms with Crippen LogP contribution in [0.4, 0.5) is 14.9 Å². The third-order valence-corrected chi connectivity index (χ3v) is 4.02. The van der Waals surface area contributed by atoms with Crippen LogP contribution in [0.25, 0.3) is 10.9 Å². The molecule has 0 aliphatic carbocycles. The number of aromatic amines is 1. The molecule has 0 spiro atoms. The van der Waals surface area contributed by atoms with E-state index in [1.165, 1.54) is 11.0 Å². The fourth-order valence-electron chi connectivity index (χ4n) is 2.63. The summed E-state index contributed by atoms with van der Waals surface area (Å²) in [5.41, 5.74) is 0.495. The van der Waals surface area contributed by atoms with Gasteiger partial charge in [0.05, 0.1) is 28.7 Å². The van der Waals surface area contributed by atoms with E-state index in [9.17, 15) is 14.0 Å². The largest absolute Gasteiger partial charge is 0.322 e. The molecule has 2 amide bonds. The number of carbonyl (C=O) groups is 1. The Hall–Kier alpha value is -3.73. The van der Waals surface area contributed by atoms with Crippen molar-refractivity contribution in [2.75, 3.05) is 11.9 Å². The second-order valence-corrected chi connectivity index (χ2v) is 5.78. The molecule has 0 radical (unpaired) electrons. The van der Waals surface area contributed by atoms with Gasteiger partial charge >= 0.3 is 6.03 Å². The maximum atomic E-state index is 13.2. The van der Waals surface area contributed by atoms with Gasteiger partial charge in [0.25, 0.3) is 5.56 Å². The molecule has 0 atom stereocenters. The summed E-state index contributed by atoms with van der Waals surface area (Å²) >= 11 is 0. The number of halogens is 1. The molecule has 0 aliphatic heterocycles. The quantitative estimate of drug-likeness (QED) is 0.742. The highest BCUT2D eigenvalue weighted by Gasteiger charge is 2.16. The minimum atomic E-state index is -0.560. The number of urea groups is 1. The molecule has 2 N–H and O–H groups in total. The first kappa shape index (κ1) is 18.1. The lowest BCUT2D eigenvalue weighted by atomic mass is 10.2. The van der Waals surface area contributed by atoms with Crippen LogP contribution in [0, 0.1) is 17.1 Å². The molecule has 3 rings (SSSR count). The van der Waals surface area contributed by atoms with Crippen molar-refractivity contribution in [3.05, 3.63) is 70.0 Å². The molecule has 136 valence electrons. The molecule has 7 nitrogen and oxygen atoms in total. The lowest BCUT2D eigenvalue weighted by molar-refractivity contribution is 0.211. The normalized spacial score (nSPS) is 10.4. The van der Waals surface area contributed by atoms with Crippen molar-refractivity contribution in [2.24, 2.45) is 0 Å². The Morgan fingerprint density at radius 3 is 2.85 bits per heavy atom. The van der Waals surface area contributed by atoms with Crippen LogP contribution >= 0.6 is 0 Å². The van der Waals surface area contributed by atoms with E-state index in [4.69, 9.17) is 5.26 Å². The van der Waals surface area contributed by atoms with Crippen LogP contribution in [0.15, 0.2) is 47.3 Å². The number of nitrogens with one attached hydrogen (secondary N) is 2. The van der Waals surface area contributed by atoms with Crippen LogP contribution in [0.5, 0.6) is 0 Å². The van der Waals surface area contributed by atoms with E-state index in [0.717, 1.165) is 12.1 Å². The van der Waals surface area contributed by atoms with Crippen molar-refractivity contribution < 1.29 is 9.18 Å². The Balaban J connectivity index is 1.82. The van der Waals surface area contributed by atoms with Crippen LogP contribution in [0.3, 0.4) is 0 Å². The zero-order valence-corrected chi connectivity index (χ0v) is 14.5. The third-order valence-electron chi connectivity index (χ3n) is 4.02. The second kappa shape index (κ2) is 7.66. The van der Waals surface area contributed by atoms with Crippen molar-refractivity contribution in [3.8, 4) is 6.07 Å². The van der Waals surface area contributed by atoms with E-state index in [1.54, 1.807) is 31.2 Å². The number of anilines is 1. The second-order valence-electron chi connectivity index (χ2n) is 5.78. The van der Waals surface area contributed by atoms with Crippen LogP contribution in [-0.2, 0) is 6.54 Å². The number of amides is 2. The standard InChI is InChI=1S/C19H16FN5O2/c1-2-25(19(27)23-15-8-7-13(20)9-12(15)10-21)11-17-22-16-6-4-3-5-14(16)18(26)24-17/h3-9H,2,11H2,1H3,(H,23,27)(H,22,24,26). The van der Waals surface area contributed by atoms with Gasteiger partial charge in [-0.25, -0.2) is 14.2 Å². The van der Waals surface area contributed by atoms with E-state index < -0.39 is 11.8 Å². The smallest absolute Gasteiger partial charge is 0.317 e. The minimum absolute atomic E-state index is 0.0247. The molecule has 0 bridgehead atoms. The van der Waals surface area contributed by atoms with Gasteiger partial charge < -0.3 is 15.2 Å². The van der Waals surface area contributed by atoms with Crippen molar-refractivity contribution in [1.82, 2.24) is 14.9 Å². The molecule has 8 heteroatoms. The van der Waals surface area contributed by atoms with Gasteiger partial charge in [0, 0.05) is 6.54 Å². The number of rotatable bonds is 4. The predicted molar refractivity (Wildman–Crippen MR) is 98.6 cm³/mol. The molecule has 1 heterocycles. The number of nitrogens with zero attached hydrogens (tertiary/aromatic N) is 3. The molecule has 0 saturated carbocycles. The summed E-state index contributed by atoms with van der Waals surface area (Å²) in [5.74, 6) is -0.217. The first-order valence-electron chi connectivity index (χ1n) is 8.25. The Kier molecular flexibility index (Phi) is 5.13. The lowest BCUT2D eigenvalue weighted by Crippen LogP contribution is -2.35. The zero-order chi connectivity index (χ0) is 19.4. The molecule has 0 unspecified atom stereocenters. The van der Waals surface area contributed by atoms with E-state index in [1.807, 2.05) is 6.07 Å². The molecule has 1 aromatic heterocycles. The van der Waals surface area contributed by atoms with Gasteiger partial charge in [-0.2, -0.15) is 5.26 Å². The number of hydrogen-bond acceptors (Lipinski definition) is 4. The molecule has 0 aliphatic rings. The number of benzene rings is 2. The van der Waals surface area contributed by atoms with Crippen molar-refractivity contribution >= 4 is 22.6 Å². The number of carbonyl (C=O) groups excluding carboxylic acids is 1. The van der Waals surface area contributed by atoms with Gasteiger partial charge in [-0.3, -0.25) is 4.79 Å². The van der Waals surface area contributed by atoms with Gasteiger partial charge in [-0.15, -0.1) is 0 Å². The fraction of sp³-hybridized carbons (Fsp3) is 0.158. The van der Waals surface area contributed by atoms with Gasteiger partial charge in [0.2, 0.25) is 0 Å². The van der Waals surface area contributed by atoms with Crippen molar-refractivity contribution in [2.45, 2.75) is 13.5 Å². The summed E-state index contributed by atoms with van der Waals surface area (Å²) in [4.78, 5) is 33.2. The molecule has 0 saturated heterocycles. The maximum Gasteiger partial charge on any atom is 0.322 e. The molecular weight excluding hydrogens is 349 g/mol. The van der Waals surface area contributed by atoms with Crippen LogP contribution < -0.4 is 10.9 Å². The topological polar surface area (TPSA) is 102 Å². The van der Waals surface area contributed by atoms with Crippen LogP contribution in [0.2, 0.25) is 0 Å². The number of nitriles is 1. The molecule has 2 aromatic carbocycles. The summed E-state index contributed by atoms with van der Waals surface area (Å²) < 4.78 is 13.2. The Bertz CT molecular complexity index is 1100. The van der Waals surface area contributed by atoms with Gasteiger partial charge in [-0.1, -0.05) is 12.1 Å². The highest BCUT2D eigenvalue weighted by molar-refractivity contribution is 5.90. The Morgan fingerprint density at radius 1 is 1.33 bits per heavy atom. The van der Waals surface area contributed by atoms with E-state index >= 15 is 0 Å². The summed E-state index contributed by atoms with van der Waals surface area (Å²) in [7, 11) is 0. The average Bonchev–Trinajstić information content (AvgIpc) is 2.67. The first-order chi connectivity index (χ1) is 13.0. The lowest BCUT2D eigenvalue weighted by Gasteiger charge is -2.21. The third kappa shape index (κ3) is 3.93. The molecular formula is C19H16FN5O2. The SMILES string of the molecule is CCN(Cc1nc2ccccc2c(=O)[nH]1)C(=O)Nc1ccc(F)cc1C#N. The highest BCUT2D eigenvalue weighted by atomic mass is 19.1. The van der Waals surface area contributed by atoms with Gasteiger partial charge in [0.15, 0.2) is 0 Å². The summed E-state index contributed by atoms with van der Waals surface area (Å²) in [6.45, 7) is 2.19. The Labute approximate surface area is 154 Å². The minimum Gasteiger partial charge on any atom is -0.317 e. The predicted octanol–water partition coefficient (Wildman–Crippen LogP) is 2.99. The average molecular weight is 365 g/mol. The fourth-order valence-corrected chi connectivity index (χ4v) is 2.63. The first-order valence-corrected chi connectivity index (χ1v) is 8.25. The van der Waals surface area contributed by atoms with E-state index in [-0.39, 0.29) is 23.4 Å². The summed E-state index contributed by atoms with van der Waals surface area (Å²) in [5, 5.41) is 12.1. The van der Waals surface area contributed by atoms with Crippen molar-refractivity contribution in [1.29, 1.82) is 5.26 Å². The van der Waals surface area contributed by atoms with Crippen LogP contribution in [0.1, 0.15) is 18.3 Å². The number of para-hydroxylation sites is 1. The van der Waals surface area contributed by atoms with Gasteiger partial charge in [0.1, 0.15) is 17.7 Å². The van der Waals surface area contributed by atoms with E-state index in [2.05, 4.69) is 15.3 Å². The van der Waals surface area contributed by atoms with Gasteiger partial charge in [-0.05, 0) is 37.3 Å².